The van der Waals surface area contributed by atoms with Crippen molar-refractivity contribution in [2.75, 3.05) is 24.6 Å². The molecule has 0 aromatic rings. The first-order valence-electron chi connectivity index (χ1n) is 6.75. The Morgan fingerprint density at radius 3 is 2.67 bits per heavy atom. The Morgan fingerprint density at radius 1 is 1.39 bits per heavy atom. The van der Waals surface area contributed by atoms with E-state index in [4.69, 9.17) is 0 Å². The molecule has 0 saturated carbocycles. The molecule has 1 amide bonds. The fourth-order valence-corrected chi connectivity index (χ4v) is 4.65. The van der Waals surface area contributed by atoms with Gasteiger partial charge in [-0.15, -0.1) is 0 Å². The highest BCUT2D eigenvalue weighted by Gasteiger charge is 2.34. The normalized spacial score (nSPS) is 30.5. The smallest absolute Gasteiger partial charge is 0.224 e. The average molecular weight is 274 g/mol. The molecule has 6 heteroatoms. The van der Waals surface area contributed by atoms with Crippen molar-refractivity contribution in [2.45, 2.75) is 44.7 Å². The van der Waals surface area contributed by atoms with Gasteiger partial charge in [0, 0.05) is 25.0 Å². The number of nitrogens with one attached hydrogen (secondary N) is 1. The zero-order chi connectivity index (χ0) is 13.2. The maximum Gasteiger partial charge on any atom is 0.224 e. The number of hydrogen-bond acceptors (Lipinski definition) is 4. The average Bonchev–Trinajstić information content (AvgIpc) is 2.89. The summed E-state index contributed by atoms with van der Waals surface area (Å²) in [5.41, 5.74) is 0. The molecule has 0 spiro atoms. The van der Waals surface area contributed by atoms with Crippen LogP contribution in [0.5, 0.6) is 0 Å². The predicted octanol–water partition coefficient (Wildman–Crippen LogP) is 0.164. The molecule has 2 saturated heterocycles. The number of nitrogens with zero attached hydrogens (tertiary/aromatic N) is 1. The minimum absolute atomic E-state index is 0.0963. The molecule has 2 aliphatic heterocycles. The number of sulfone groups is 1. The molecule has 0 aliphatic carbocycles. The van der Waals surface area contributed by atoms with E-state index in [9.17, 15) is 13.2 Å². The van der Waals surface area contributed by atoms with Gasteiger partial charge in [-0.05, 0) is 32.7 Å². The van der Waals surface area contributed by atoms with Crippen molar-refractivity contribution < 1.29 is 13.2 Å². The molecule has 0 aromatic heterocycles. The summed E-state index contributed by atoms with van der Waals surface area (Å²) in [5.74, 6) is 0.465. The summed E-state index contributed by atoms with van der Waals surface area (Å²) in [6, 6.07) is 0.179. The van der Waals surface area contributed by atoms with E-state index in [1.807, 2.05) is 6.92 Å². The van der Waals surface area contributed by atoms with Crippen LogP contribution in [0.15, 0.2) is 0 Å². The Morgan fingerprint density at radius 2 is 2.17 bits per heavy atom. The Bertz CT molecular complexity index is 402. The van der Waals surface area contributed by atoms with Crippen LogP contribution in [0.4, 0.5) is 0 Å². The van der Waals surface area contributed by atoms with Crippen LogP contribution in [0.2, 0.25) is 0 Å². The van der Waals surface area contributed by atoms with E-state index in [1.165, 1.54) is 0 Å². The number of amides is 1. The monoisotopic (exact) mass is 274 g/mol. The van der Waals surface area contributed by atoms with Gasteiger partial charge in [0.25, 0.3) is 0 Å². The Balaban J connectivity index is 1.93. The maximum atomic E-state index is 12.2. The lowest BCUT2D eigenvalue weighted by atomic mass is 10.1. The molecule has 2 unspecified atom stereocenters. The molecular weight excluding hydrogens is 252 g/mol. The summed E-state index contributed by atoms with van der Waals surface area (Å²) in [4.78, 5) is 14.0. The first kappa shape index (κ1) is 13.8. The number of carbonyl (C=O) groups excluding carboxylic acids is 1. The fraction of sp³-hybridized carbons (Fsp3) is 0.917. The van der Waals surface area contributed by atoms with E-state index in [1.54, 1.807) is 4.90 Å². The highest BCUT2D eigenvalue weighted by Crippen LogP contribution is 2.19. The largest absolute Gasteiger partial charge is 0.339 e. The second-order valence-electron chi connectivity index (χ2n) is 5.23. The van der Waals surface area contributed by atoms with E-state index in [-0.39, 0.29) is 29.5 Å². The second kappa shape index (κ2) is 5.57. The molecule has 2 rings (SSSR count). The van der Waals surface area contributed by atoms with Gasteiger partial charge in [-0.25, -0.2) is 8.42 Å². The van der Waals surface area contributed by atoms with Crippen LogP contribution in [0, 0.1) is 0 Å². The van der Waals surface area contributed by atoms with E-state index < -0.39 is 9.84 Å². The highest BCUT2D eigenvalue weighted by atomic mass is 32.2. The molecule has 1 N–H and O–H groups in total. The van der Waals surface area contributed by atoms with Crippen molar-refractivity contribution in [2.24, 2.45) is 0 Å². The van der Waals surface area contributed by atoms with E-state index >= 15 is 0 Å². The molecule has 104 valence electrons. The van der Waals surface area contributed by atoms with E-state index in [2.05, 4.69) is 5.32 Å². The molecule has 2 atom stereocenters. The zero-order valence-electron chi connectivity index (χ0n) is 10.9. The minimum atomic E-state index is -2.92. The first-order chi connectivity index (χ1) is 8.52. The van der Waals surface area contributed by atoms with Crippen molar-refractivity contribution in [3.8, 4) is 0 Å². The molecule has 5 nitrogen and oxygen atoms in total. The van der Waals surface area contributed by atoms with Crippen LogP contribution < -0.4 is 5.32 Å². The van der Waals surface area contributed by atoms with Gasteiger partial charge in [0.15, 0.2) is 9.84 Å². The standard InChI is InChI=1S/C12H22N2O3S/c1-2-14(11-5-7-18(16,17)9-11)12(15)8-10-4-3-6-13-10/h10-11,13H,2-9H2,1H3. The van der Waals surface area contributed by atoms with Crippen molar-refractivity contribution in [1.29, 1.82) is 0 Å². The van der Waals surface area contributed by atoms with Crippen LogP contribution in [-0.4, -0.2) is 55.9 Å². The third kappa shape index (κ3) is 3.23. The van der Waals surface area contributed by atoms with Crippen molar-refractivity contribution in [1.82, 2.24) is 10.2 Å². The van der Waals surface area contributed by atoms with E-state index in [0.717, 1.165) is 19.4 Å². The van der Waals surface area contributed by atoms with Gasteiger partial charge in [-0.1, -0.05) is 0 Å². The Hall–Kier alpha value is -0.620. The molecule has 0 radical (unpaired) electrons. The van der Waals surface area contributed by atoms with Gasteiger partial charge in [0.2, 0.25) is 5.91 Å². The molecule has 2 aliphatic rings. The lowest BCUT2D eigenvalue weighted by Gasteiger charge is -2.28. The number of carbonyl (C=O) groups is 1. The van der Waals surface area contributed by atoms with Gasteiger partial charge in [-0.3, -0.25) is 4.79 Å². The lowest BCUT2D eigenvalue weighted by molar-refractivity contribution is -0.133. The minimum Gasteiger partial charge on any atom is -0.339 e. The lowest BCUT2D eigenvalue weighted by Crippen LogP contribution is -2.43. The van der Waals surface area contributed by atoms with Gasteiger partial charge in [0.05, 0.1) is 11.5 Å². The van der Waals surface area contributed by atoms with Crippen LogP contribution in [0.3, 0.4) is 0 Å². The van der Waals surface area contributed by atoms with Gasteiger partial charge >= 0.3 is 0 Å². The summed E-state index contributed by atoms with van der Waals surface area (Å²) < 4.78 is 23.0. The molecule has 0 bridgehead atoms. The maximum absolute atomic E-state index is 12.2. The summed E-state index contributed by atoms with van der Waals surface area (Å²) in [7, 11) is -2.92. The highest BCUT2D eigenvalue weighted by molar-refractivity contribution is 7.91. The molecular formula is C12H22N2O3S. The molecule has 0 aromatic carbocycles. The van der Waals surface area contributed by atoms with Crippen LogP contribution in [0.25, 0.3) is 0 Å². The number of rotatable bonds is 4. The summed E-state index contributed by atoms with van der Waals surface area (Å²) in [5, 5.41) is 3.31. The second-order valence-corrected chi connectivity index (χ2v) is 7.46. The number of hydrogen-bond donors (Lipinski definition) is 1. The third-order valence-corrected chi connectivity index (χ3v) is 5.64. The van der Waals surface area contributed by atoms with Crippen LogP contribution in [0.1, 0.15) is 32.6 Å². The van der Waals surface area contributed by atoms with Gasteiger partial charge in [0.1, 0.15) is 0 Å². The first-order valence-corrected chi connectivity index (χ1v) is 8.57. The molecule has 2 heterocycles. The Labute approximate surface area is 109 Å². The summed E-state index contributed by atoms with van der Waals surface area (Å²) in [6.07, 6.45) is 3.28. The van der Waals surface area contributed by atoms with E-state index in [0.29, 0.717) is 19.4 Å². The molecule has 2 fully saturated rings. The third-order valence-electron chi connectivity index (χ3n) is 3.89. The van der Waals surface area contributed by atoms with Crippen LogP contribution in [-0.2, 0) is 14.6 Å². The molecule has 18 heavy (non-hydrogen) atoms. The quantitative estimate of drug-likeness (QED) is 0.793. The summed E-state index contributed by atoms with van der Waals surface area (Å²) in [6.45, 7) is 3.51. The zero-order valence-corrected chi connectivity index (χ0v) is 11.7. The van der Waals surface area contributed by atoms with Crippen molar-refractivity contribution in [3.05, 3.63) is 0 Å². The predicted molar refractivity (Wildman–Crippen MR) is 70.1 cm³/mol. The fourth-order valence-electron chi connectivity index (χ4n) is 2.92. The summed E-state index contributed by atoms with van der Waals surface area (Å²) >= 11 is 0. The van der Waals surface area contributed by atoms with Crippen LogP contribution >= 0.6 is 0 Å². The van der Waals surface area contributed by atoms with Crippen molar-refractivity contribution >= 4 is 15.7 Å². The van der Waals surface area contributed by atoms with Gasteiger partial charge in [-0.2, -0.15) is 0 Å². The topological polar surface area (TPSA) is 66.5 Å². The van der Waals surface area contributed by atoms with Crippen molar-refractivity contribution in [3.63, 3.8) is 0 Å². The Kier molecular flexibility index (Phi) is 4.27. The van der Waals surface area contributed by atoms with Gasteiger partial charge < -0.3 is 10.2 Å². The SMILES string of the molecule is CCN(C(=O)CC1CCCN1)C1CCS(=O)(=O)C1.